The number of aromatic amines is 1. The van der Waals surface area contributed by atoms with E-state index in [4.69, 9.17) is 0 Å². The Morgan fingerprint density at radius 2 is 2.14 bits per heavy atom. The summed E-state index contributed by atoms with van der Waals surface area (Å²) in [5.41, 5.74) is 2.07. The summed E-state index contributed by atoms with van der Waals surface area (Å²) in [4.78, 5) is 21.8. The van der Waals surface area contributed by atoms with E-state index in [2.05, 4.69) is 23.8 Å². The van der Waals surface area contributed by atoms with Gasteiger partial charge in [0.05, 0.1) is 17.6 Å². The Hall–Kier alpha value is -1.75. The average Bonchev–Trinajstić information content (AvgIpc) is 3.08. The van der Waals surface area contributed by atoms with Gasteiger partial charge in [-0.05, 0) is 5.92 Å². The maximum atomic E-state index is 12.0. The molecule has 1 aromatic heterocycles. The van der Waals surface area contributed by atoms with Crippen LogP contribution in [0.5, 0.6) is 0 Å². The van der Waals surface area contributed by atoms with Gasteiger partial charge in [0.15, 0.2) is 0 Å². The van der Waals surface area contributed by atoms with E-state index < -0.39 is 0 Å². The fourth-order valence-corrected chi connectivity index (χ4v) is 3.66. The Kier molecular flexibility index (Phi) is 4.01. The van der Waals surface area contributed by atoms with Crippen molar-refractivity contribution in [2.75, 3.05) is 12.3 Å². The van der Waals surface area contributed by atoms with Gasteiger partial charge in [-0.25, -0.2) is 4.98 Å². The standard InChI is InChI=1S/C16H19N3OS/c1-11(2)9-19-14(20)10-21-16(19)13-8-17-15(18-13)12-6-4-3-5-7-12/h3-8,11,16H,9-10H2,1-2H3,(H,17,18). The molecule has 1 fully saturated rings. The number of hydrogen-bond acceptors (Lipinski definition) is 3. The van der Waals surface area contributed by atoms with Crippen molar-refractivity contribution in [1.29, 1.82) is 0 Å². The van der Waals surface area contributed by atoms with E-state index in [1.165, 1.54) is 0 Å². The lowest BCUT2D eigenvalue weighted by Crippen LogP contribution is -2.31. The first-order chi connectivity index (χ1) is 10.1. The molecule has 4 nitrogen and oxygen atoms in total. The highest BCUT2D eigenvalue weighted by atomic mass is 32.2. The Morgan fingerprint density at radius 3 is 2.86 bits per heavy atom. The fraction of sp³-hybridized carbons (Fsp3) is 0.375. The van der Waals surface area contributed by atoms with Crippen molar-refractivity contribution in [2.24, 2.45) is 5.92 Å². The molecule has 1 aliphatic heterocycles. The van der Waals surface area contributed by atoms with Gasteiger partial charge in [0.1, 0.15) is 11.2 Å². The second-order valence-corrected chi connectivity index (χ2v) is 6.73. The number of nitrogens with zero attached hydrogens (tertiary/aromatic N) is 2. The first-order valence-corrected chi connectivity index (χ1v) is 8.21. The number of hydrogen-bond donors (Lipinski definition) is 1. The zero-order valence-corrected chi connectivity index (χ0v) is 13.1. The summed E-state index contributed by atoms with van der Waals surface area (Å²) in [6, 6.07) is 10.0. The Bertz CT molecular complexity index is 623. The van der Waals surface area contributed by atoms with E-state index in [9.17, 15) is 4.79 Å². The fourth-order valence-electron chi connectivity index (χ4n) is 2.51. The van der Waals surface area contributed by atoms with Crippen LogP contribution in [0.2, 0.25) is 0 Å². The van der Waals surface area contributed by atoms with Crippen LogP contribution in [-0.2, 0) is 4.79 Å². The summed E-state index contributed by atoms with van der Waals surface area (Å²) in [5, 5.41) is 0.0601. The van der Waals surface area contributed by atoms with Gasteiger partial charge in [0.2, 0.25) is 5.91 Å². The number of carbonyl (C=O) groups excluding carboxylic acids is 1. The number of carbonyl (C=O) groups is 1. The highest BCUT2D eigenvalue weighted by molar-refractivity contribution is 8.00. The van der Waals surface area contributed by atoms with Crippen LogP contribution in [0.4, 0.5) is 0 Å². The largest absolute Gasteiger partial charge is 0.339 e. The van der Waals surface area contributed by atoms with Gasteiger partial charge >= 0.3 is 0 Å². The molecule has 0 spiro atoms. The third kappa shape index (κ3) is 2.97. The topological polar surface area (TPSA) is 49.0 Å². The third-order valence-electron chi connectivity index (χ3n) is 3.44. The molecule has 0 saturated carbocycles. The molecule has 5 heteroatoms. The summed E-state index contributed by atoms with van der Waals surface area (Å²) in [6.07, 6.45) is 1.85. The van der Waals surface area contributed by atoms with E-state index in [0.29, 0.717) is 11.7 Å². The number of aromatic nitrogens is 2. The van der Waals surface area contributed by atoms with E-state index in [-0.39, 0.29) is 11.3 Å². The first kappa shape index (κ1) is 14.2. The molecule has 0 aliphatic carbocycles. The van der Waals surface area contributed by atoms with Crippen molar-refractivity contribution in [2.45, 2.75) is 19.2 Å². The van der Waals surface area contributed by atoms with Gasteiger partial charge in [-0.2, -0.15) is 0 Å². The number of thioether (sulfide) groups is 1. The van der Waals surface area contributed by atoms with Gasteiger partial charge in [-0.15, -0.1) is 11.8 Å². The van der Waals surface area contributed by atoms with Gasteiger partial charge in [-0.3, -0.25) is 4.79 Å². The van der Waals surface area contributed by atoms with Crippen LogP contribution >= 0.6 is 11.8 Å². The molecule has 1 atom stereocenters. The molecule has 0 bridgehead atoms. The molecular weight excluding hydrogens is 282 g/mol. The van der Waals surface area contributed by atoms with Crippen LogP contribution in [-0.4, -0.2) is 33.1 Å². The van der Waals surface area contributed by atoms with Crippen LogP contribution in [0, 0.1) is 5.92 Å². The minimum atomic E-state index is 0.0601. The molecule has 0 radical (unpaired) electrons. The molecule has 3 rings (SSSR count). The second kappa shape index (κ2) is 5.93. The summed E-state index contributed by atoms with van der Waals surface area (Å²) in [5.74, 6) is 2.09. The molecule has 1 saturated heterocycles. The van der Waals surface area contributed by atoms with E-state index in [0.717, 1.165) is 23.6 Å². The predicted molar refractivity (Wildman–Crippen MR) is 85.8 cm³/mol. The van der Waals surface area contributed by atoms with Crippen LogP contribution in [0.25, 0.3) is 11.4 Å². The summed E-state index contributed by atoms with van der Waals surface area (Å²) in [6.45, 7) is 5.06. The molecule has 2 aromatic rings. The third-order valence-corrected chi connectivity index (χ3v) is 4.68. The quantitative estimate of drug-likeness (QED) is 0.942. The van der Waals surface area contributed by atoms with E-state index in [1.54, 1.807) is 11.8 Å². The lowest BCUT2D eigenvalue weighted by molar-refractivity contribution is -0.128. The van der Waals surface area contributed by atoms with E-state index in [1.807, 2.05) is 41.4 Å². The van der Waals surface area contributed by atoms with Gasteiger partial charge in [-0.1, -0.05) is 44.2 Å². The van der Waals surface area contributed by atoms with Gasteiger partial charge < -0.3 is 9.88 Å². The number of rotatable bonds is 4. The van der Waals surface area contributed by atoms with Crippen molar-refractivity contribution < 1.29 is 4.79 Å². The van der Waals surface area contributed by atoms with E-state index >= 15 is 0 Å². The van der Waals surface area contributed by atoms with Crippen LogP contribution in [0.3, 0.4) is 0 Å². The van der Waals surface area contributed by atoms with Crippen molar-refractivity contribution in [3.05, 3.63) is 42.2 Å². The monoisotopic (exact) mass is 301 g/mol. The minimum Gasteiger partial charge on any atom is -0.339 e. The first-order valence-electron chi connectivity index (χ1n) is 7.16. The zero-order valence-electron chi connectivity index (χ0n) is 12.2. The molecule has 2 heterocycles. The molecule has 110 valence electrons. The number of imidazole rings is 1. The normalized spacial score (nSPS) is 18.7. The van der Waals surface area contributed by atoms with Gasteiger partial charge in [0, 0.05) is 12.1 Å². The molecule has 1 aliphatic rings. The van der Waals surface area contributed by atoms with Crippen LogP contribution < -0.4 is 0 Å². The Labute approximate surface area is 129 Å². The Balaban J connectivity index is 1.84. The predicted octanol–water partition coefficient (Wildman–Crippen LogP) is 3.31. The summed E-state index contributed by atoms with van der Waals surface area (Å²) < 4.78 is 0. The average molecular weight is 301 g/mol. The summed E-state index contributed by atoms with van der Waals surface area (Å²) in [7, 11) is 0. The SMILES string of the molecule is CC(C)CN1C(=O)CSC1c1cnc(-c2ccccc2)[nH]1. The molecule has 1 N–H and O–H groups in total. The molecule has 1 aromatic carbocycles. The summed E-state index contributed by atoms with van der Waals surface area (Å²) >= 11 is 1.67. The second-order valence-electron chi connectivity index (χ2n) is 5.66. The molecule has 21 heavy (non-hydrogen) atoms. The van der Waals surface area contributed by atoms with Crippen molar-refractivity contribution in [3.8, 4) is 11.4 Å². The molecule has 1 amide bonds. The Morgan fingerprint density at radius 1 is 1.38 bits per heavy atom. The maximum Gasteiger partial charge on any atom is 0.233 e. The van der Waals surface area contributed by atoms with Crippen molar-refractivity contribution >= 4 is 17.7 Å². The smallest absolute Gasteiger partial charge is 0.233 e. The van der Waals surface area contributed by atoms with Crippen LogP contribution in [0.1, 0.15) is 24.9 Å². The van der Waals surface area contributed by atoms with Crippen molar-refractivity contribution in [1.82, 2.24) is 14.9 Å². The zero-order chi connectivity index (χ0) is 14.8. The molecular formula is C16H19N3OS. The number of H-pyrrole nitrogens is 1. The minimum absolute atomic E-state index is 0.0601. The number of benzene rings is 1. The van der Waals surface area contributed by atoms with Crippen molar-refractivity contribution in [3.63, 3.8) is 0 Å². The highest BCUT2D eigenvalue weighted by Crippen LogP contribution is 2.38. The lowest BCUT2D eigenvalue weighted by atomic mass is 10.2. The number of amides is 1. The lowest BCUT2D eigenvalue weighted by Gasteiger charge is -2.24. The molecule has 1 unspecified atom stereocenters. The number of nitrogens with one attached hydrogen (secondary N) is 1. The highest BCUT2D eigenvalue weighted by Gasteiger charge is 2.34. The maximum absolute atomic E-state index is 12.0. The van der Waals surface area contributed by atoms with Crippen LogP contribution in [0.15, 0.2) is 36.5 Å². The van der Waals surface area contributed by atoms with Gasteiger partial charge in [0.25, 0.3) is 0 Å².